The van der Waals surface area contributed by atoms with Crippen molar-refractivity contribution in [3.8, 4) is 5.75 Å². The molecule has 1 aromatic carbocycles. The second-order valence-electron chi connectivity index (χ2n) is 11.4. The minimum absolute atomic E-state index is 0.00749. The van der Waals surface area contributed by atoms with Gasteiger partial charge in [-0.3, -0.25) is 14.3 Å². The third-order valence-corrected chi connectivity index (χ3v) is 8.92. The summed E-state index contributed by atoms with van der Waals surface area (Å²) >= 11 is 0. The molecule has 1 aromatic rings. The minimum atomic E-state index is -1.24. The van der Waals surface area contributed by atoms with Crippen LogP contribution in [0.25, 0.3) is 0 Å². The summed E-state index contributed by atoms with van der Waals surface area (Å²) in [6, 6.07) is 5.71. The van der Waals surface area contributed by atoms with E-state index in [9.17, 15) is 24.6 Å². The maximum absolute atomic E-state index is 13.4. The van der Waals surface area contributed by atoms with Gasteiger partial charge in [0.15, 0.2) is 0 Å². The van der Waals surface area contributed by atoms with Gasteiger partial charge in [-0.05, 0) is 73.8 Å². The number of benzene rings is 1. The first kappa shape index (κ1) is 29.6. The van der Waals surface area contributed by atoms with E-state index in [1.165, 1.54) is 38.1 Å². The first-order valence-corrected chi connectivity index (χ1v) is 13.5. The summed E-state index contributed by atoms with van der Waals surface area (Å²) in [5.41, 5.74) is -0.0678. The number of allylic oxidation sites excluding steroid dienone is 3. The Labute approximate surface area is 234 Å². The summed E-state index contributed by atoms with van der Waals surface area (Å²) in [6.07, 6.45) is 2.49. The molecule has 2 N–H and O–H groups in total. The Morgan fingerprint density at radius 3 is 2.33 bits per heavy atom. The summed E-state index contributed by atoms with van der Waals surface area (Å²) in [6.45, 7) is 12.5. The molecule has 0 radical (unpaired) electrons. The molecule has 0 unspecified atom stereocenters. The predicted octanol–water partition coefficient (Wildman–Crippen LogP) is 4.59. The molecule has 1 aliphatic heterocycles. The number of hydrogen-bond donors (Lipinski definition) is 2. The number of rotatable bonds is 7. The molecule has 40 heavy (non-hydrogen) atoms. The van der Waals surface area contributed by atoms with Crippen LogP contribution in [0.4, 0.5) is 0 Å². The second-order valence-corrected chi connectivity index (χ2v) is 11.4. The maximum atomic E-state index is 13.4. The Hall–Kier alpha value is -3.43. The smallest absolute Gasteiger partial charge is 0.338 e. The number of carbonyl (C=O) groups excluding carboxylic acids is 3. The highest BCUT2D eigenvalue weighted by Gasteiger charge is 2.72. The molecular weight excluding hydrogens is 516 g/mol. The molecule has 1 saturated carbocycles. The number of aromatic hydroxyl groups is 1. The molecule has 9 heteroatoms. The largest absolute Gasteiger partial charge is 0.508 e. The van der Waals surface area contributed by atoms with Gasteiger partial charge in [0.1, 0.15) is 17.3 Å². The zero-order chi connectivity index (χ0) is 29.4. The van der Waals surface area contributed by atoms with Crippen molar-refractivity contribution in [2.75, 3.05) is 0 Å². The van der Waals surface area contributed by atoms with Crippen molar-refractivity contribution in [2.45, 2.75) is 78.7 Å². The lowest BCUT2D eigenvalue weighted by Crippen LogP contribution is -2.63. The summed E-state index contributed by atoms with van der Waals surface area (Å²) in [5, 5.41) is 20.8. The molecule has 216 valence electrons. The molecule has 1 heterocycles. The van der Waals surface area contributed by atoms with E-state index in [1.54, 1.807) is 12.2 Å². The lowest BCUT2D eigenvalue weighted by Gasteiger charge is -2.60. The molecule has 0 bridgehead atoms. The number of carbonyl (C=O) groups is 3. The number of ether oxygens (including phenoxy) is 4. The van der Waals surface area contributed by atoms with Crippen LogP contribution in [0.15, 0.2) is 60.2 Å². The maximum Gasteiger partial charge on any atom is 0.338 e. The molecular formula is C31H38O9. The van der Waals surface area contributed by atoms with Crippen molar-refractivity contribution < 1.29 is 43.5 Å². The molecule has 8 atom stereocenters. The van der Waals surface area contributed by atoms with Gasteiger partial charge in [-0.2, -0.15) is 0 Å². The SMILES string of the molecule is C=C/C(C)=C/C[C@@]1(C)[C@H]2C[C@@H](O)C=C3[C@H](OC(C)=O)O[C@@H](OC(C)=O)[C@]32[C@H](OC(=O)c2ccc(O)cc2)C[C@@H]1C. The second kappa shape index (κ2) is 11.2. The predicted molar refractivity (Wildman–Crippen MR) is 145 cm³/mol. The van der Waals surface area contributed by atoms with E-state index in [1.807, 2.05) is 6.92 Å². The highest BCUT2D eigenvalue weighted by atomic mass is 16.8. The minimum Gasteiger partial charge on any atom is -0.508 e. The lowest BCUT2D eigenvalue weighted by atomic mass is 9.45. The van der Waals surface area contributed by atoms with Gasteiger partial charge in [-0.15, -0.1) is 0 Å². The van der Waals surface area contributed by atoms with Crippen LogP contribution in [0.2, 0.25) is 0 Å². The Kier molecular flexibility index (Phi) is 8.28. The van der Waals surface area contributed by atoms with Crippen LogP contribution in [-0.4, -0.2) is 52.9 Å². The third-order valence-electron chi connectivity index (χ3n) is 8.92. The average Bonchev–Trinajstić information content (AvgIpc) is 3.17. The lowest BCUT2D eigenvalue weighted by molar-refractivity contribution is -0.253. The Morgan fingerprint density at radius 1 is 1.07 bits per heavy atom. The number of phenolic OH excluding ortho intramolecular Hbond substituents is 1. The molecule has 4 rings (SSSR count). The van der Waals surface area contributed by atoms with Crippen molar-refractivity contribution in [3.05, 3.63) is 65.8 Å². The standard InChI is InChI=1S/C31H38O9/c1-7-17(2)12-13-30(6)18(3)14-26(39-27(36)21-8-10-22(34)11-9-21)31-24(15-23(35)16-25(30)31)28(37-19(4)32)40-29(31)38-20(5)33/h7-12,15,18,23,25-26,28-29,34-35H,1,13-14,16H2,2-6H3/b17-12+/t18-,23-,25+,26+,28+,29+,30+,31+/m0/s1. The van der Waals surface area contributed by atoms with Crippen LogP contribution in [0.5, 0.6) is 5.75 Å². The molecule has 3 aliphatic rings. The van der Waals surface area contributed by atoms with E-state index < -0.39 is 59.4 Å². The fourth-order valence-electron chi connectivity index (χ4n) is 6.71. The van der Waals surface area contributed by atoms with Crippen LogP contribution in [0, 0.1) is 22.7 Å². The molecule has 1 spiro atoms. The Morgan fingerprint density at radius 2 is 1.73 bits per heavy atom. The van der Waals surface area contributed by atoms with Gasteiger partial charge in [0.2, 0.25) is 12.6 Å². The van der Waals surface area contributed by atoms with Gasteiger partial charge >= 0.3 is 17.9 Å². The average molecular weight is 555 g/mol. The number of phenols is 1. The number of aliphatic hydroxyl groups excluding tert-OH is 1. The van der Waals surface area contributed by atoms with E-state index in [0.29, 0.717) is 18.4 Å². The number of esters is 3. The van der Waals surface area contributed by atoms with E-state index in [0.717, 1.165) is 5.57 Å². The van der Waals surface area contributed by atoms with Crippen molar-refractivity contribution >= 4 is 17.9 Å². The normalized spacial score (nSPS) is 35.0. The Balaban J connectivity index is 1.90. The zero-order valence-electron chi connectivity index (χ0n) is 23.6. The highest BCUT2D eigenvalue weighted by molar-refractivity contribution is 5.89. The molecule has 9 nitrogen and oxygen atoms in total. The van der Waals surface area contributed by atoms with Crippen LogP contribution >= 0.6 is 0 Å². The first-order valence-electron chi connectivity index (χ1n) is 13.5. The molecule has 2 fully saturated rings. The zero-order valence-corrected chi connectivity index (χ0v) is 23.6. The van der Waals surface area contributed by atoms with E-state index in [2.05, 4.69) is 26.5 Å². The third kappa shape index (κ3) is 5.20. The van der Waals surface area contributed by atoms with Gasteiger partial charge in [0, 0.05) is 19.4 Å². The Bertz CT molecular complexity index is 1230. The fourth-order valence-corrected chi connectivity index (χ4v) is 6.71. The van der Waals surface area contributed by atoms with Gasteiger partial charge in [0.25, 0.3) is 0 Å². The highest BCUT2D eigenvalue weighted by Crippen LogP contribution is 2.67. The fraction of sp³-hybridized carbons (Fsp3) is 0.516. The van der Waals surface area contributed by atoms with Gasteiger partial charge in [-0.1, -0.05) is 38.2 Å². The van der Waals surface area contributed by atoms with Crippen LogP contribution < -0.4 is 0 Å². The van der Waals surface area contributed by atoms with Gasteiger partial charge in [0.05, 0.1) is 11.7 Å². The van der Waals surface area contributed by atoms with Crippen molar-refractivity contribution in [2.24, 2.45) is 22.7 Å². The molecule has 2 aliphatic carbocycles. The van der Waals surface area contributed by atoms with Crippen LogP contribution in [0.1, 0.15) is 64.2 Å². The van der Waals surface area contributed by atoms with Crippen LogP contribution in [-0.2, 0) is 28.5 Å². The number of hydrogen-bond acceptors (Lipinski definition) is 9. The summed E-state index contributed by atoms with van der Waals surface area (Å²) in [5.74, 6) is -2.26. The summed E-state index contributed by atoms with van der Waals surface area (Å²) in [7, 11) is 0. The molecule has 1 saturated heterocycles. The van der Waals surface area contributed by atoms with E-state index >= 15 is 0 Å². The van der Waals surface area contributed by atoms with Crippen molar-refractivity contribution in [1.29, 1.82) is 0 Å². The summed E-state index contributed by atoms with van der Waals surface area (Å²) < 4.78 is 23.6. The van der Waals surface area contributed by atoms with Gasteiger partial charge in [-0.25, -0.2) is 4.79 Å². The topological polar surface area (TPSA) is 129 Å². The van der Waals surface area contributed by atoms with Crippen LogP contribution in [0.3, 0.4) is 0 Å². The molecule has 0 aromatic heterocycles. The summed E-state index contributed by atoms with van der Waals surface area (Å²) in [4.78, 5) is 37.9. The van der Waals surface area contributed by atoms with Gasteiger partial charge < -0.3 is 24.4 Å². The van der Waals surface area contributed by atoms with Crippen molar-refractivity contribution in [3.63, 3.8) is 0 Å². The van der Waals surface area contributed by atoms with Crippen molar-refractivity contribution in [1.82, 2.24) is 0 Å². The van der Waals surface area contributed by atoms with E-state index in [-0.39, 0.29) is 23.7 Å². The quantitative estimate of drug-likeness (QED) is 0.215. The monoisotopic (exact) mass is 554 g/mol. The first-order chi connectivity index (χ1) is 18.8. The van der Waals surface area contributed by atoms with E-state index in [4.69, 9.17) is 18.9 Å². The number of aliphatic hydroxyl groups is 1. The molecule has 0 amide bonds.